The van der Waals surface area contributed by atoms with Crippen molar-refractivity contribution in [2.45, 2.75) is 32.9 Å². The lowest BCUT2D eigenvalue weighted by Crippen LogP contribution is -2.47. The van der Waals surface area contributed by atoms with Gasteiger partial charge in [-0.2, -0.15) is 0 Å². The number of nitrogens with zero attached hydrogens (tertiary/aromatic N) is 2. The zero-order valence-corrected chi connectivity index (χ0v) is 14.4. The highest BCUT2D eigenvalue weighted by molar-refractivity contribution is 5.78. The Kier molecular flexibility index (Phi) is 6.54. The van der Waals surface area contributed by atoms with Gasteiger partial charge in [0.1, 0.15) is 5.82 Å². The van der Waals surface area contributed by atoms with Crippen LogP contribution in [0.1, 0.15) is 25.8 Å². The number of carbonyl (C=O) groups is 1. The minimum atomic E-state index is -0.200. The molecule has 1 amide bonds. The summed E-state index contributed by atoms with van der Waals surface area (Å²) in [6, 6.07) is 7.05. The van der Waals surface area contributed by atoms with Crippen molar-refractivity contribution >= 4 is 5.91 Å². The van der Waals surface area contributed by atoms with Crippen molar-refractivity contribution in [3.8, 4) is 0 Å². The second-order valence-corrected chi connectivity index (χ2v) is 6.63. The van der Waals surface area contributed by atoms with E-state index in [0.717, 1.165) is 38.2 Å². The third kappa shape index (κ3) is 5.01. The molecule has 0 saturated carbocycles. The molecule has 0 radical (unpaired) electrons. The highest BCUT2D eigenvalue weighted by Crippen LogP contribution is 2.20. The van der Waals surface area contributed by atoms with Gasteiger partial charge in [-0.15, -0.1) is 0 Å². The maximum absolute atomic E-state index is 13.1. The van der Waals surface area contributed by atoms with E-state index < -0.39 is 0 Å². The Bertz CT molecular complexity index is 503. The van der Waals surface area contributed by atoms with Crippen LogP contribution in [0, 0.1) is 11.7 Å². The molecule has 1 aromatic carbocycles. The van der Waals surface area contributed by atoms with E-state index in [1.165, 1.54) is 12.1 Å². The Hall–Kier alpha value is -1.46. The summed E-state index contributed by atoms with van der Waals surface area (Å²) < 4.78 is 13.1. The van der Waals surface area contributed by atoms with E-state index in [1.807, 2.05) is 17.0 Å². The molecule has 1 atom stereocenters. The molecule has 2 rings (SSSR count). The maximum atomic E-state index is 13.1. The normalized spacial score (nSPS) is 19.9. The van der Waals surface area contributed by atoms with Crippen molar-refractivity contribution in [2.75, 3.05) is 33.2 Å². The largest absolute Gasteiger partial charge is 0.340 e. The van der Waals surface area contributed by atoms with Gasteiger partial charge in [-0.05, 0) is 37.1 Å². The zero-order chi connectivity index (χ0) is 16.8. The van der Waals surface area contributed by atoms with Crippen LogP contribution in [0.4, 0.5) is 4.39 Å². The van der Waals surface area contributed by atoms with Gasteiger partial charge >= 0.3 is 0 Å². The number of nitrogens with one attached hydrogen (secondary N) is 1. The molecule has 23 heavy (non-hydrogen) atoms. The molecule has 0 bridgehead atoms. The van der Waals surface area contributed by atoms with Gasteiger partial charge in [0.25, 0.3) is 0 Å². The summed E-state index contributed by atoms with van der Waals surface area (Å²) in [5.74, 6) is 0.425. The van der Waals surface area contributed by atoms with Gasteiger partial charge in [0.2, 0.25) is 5.91 Å². The third-order valence-corrected chi connectivity index (χ3v) is 4.50. The van der Waals surface area contributed by atoms with Crippen LogP contribution in [0.2, 0.25) is 0 Å². The van der Waals surface area contributed by atoms with Crippen LogP contribution in [0.3, 0.4) is 0 Å². The van der Waals surface area contributed by atoms with Gasteiger partial charge in [-0.3, -0.25) is 9.69 Å². The summed E-state index contributed by atoms with van der Waals surface area (Å²) in [6.07, 6.45) is 0.972. The first-order valence-electron chi connectivity index (χ1n) is 8.42. The molecule has 1 N–H and O–H groups in total. The Morgan fingerprint density at radius 2 is 2.00 bits per heavy atom. The molecule has 5 heteroatoms. The highest BCUT2D eigenvalue weighted by Gasteiger charge is 2.29. The fraction of sp³-hybridized carbons (Fsp3) is 0.611. The van der Waals surface area contributed by atoms with Crippen molar-refractivity contribution in [3.05, 3.63) is 35.6 Å². The first-order valence-corrected chi connectivity index (χ1v) is 8.42. The van der Waals surface area contributed by atoms with Crippen LogP contribution in [-0.2, 0) is 11.3 Å². The Morgan fingerprint density at radius 3 is 2.61 bits per heavy atom. The smallest absolute Gasteiger partial charge is 0.236 e. The fourth-order valence-corrected chi connectivity index (χ4v) is 3.21. The number of hydrogen-bond acceptors (Lipinski definition) is 3. The number of benzene rings is 1. The van der Waals surface area contributed by atoms with Crippen molar-refractivity contribution in [3.63, 3.8) is 0 Å². The summed E-state index contributed by atoms with van der Waals surface area (Å²) in [7, 11) is 1.80. The molecule has 0 aromatic heterocycles. The number of rotatable bonds is 5. The highest BCUT2D eigenvalue weighted by atomic mass is 19.1. The summed E-state index contributed by atoms with van der Waals surface area (Å²) >= 11 is 0. The molecule has 0 spiro atoms. The van der Waals surface area contributed by atoms with E-state index in [-0.39, 0.29) is 11.7 Å². The lowest BCUT2D eigenvalue weighted by atomic mass is 10.0. The van der Waals surface area contributed by atoms with Crippen LogP contribution in [0.25, 0.3) is 0 Å². The van der Waals surface area contributed by atoms with Crippen LogP contribution < -0.4 is 5.32 Å². The van der Waals surface area contributed by atoms with Crippen LogP contribution in [-0.4, -0.2) is 55.0 Å². The van der Waals surface area contributed by atoms with E-state index >= 15 is 0 Å². The zero-order valence-electron chi connectivity index (χ0n) is 14.4. The average Bonchev–Trinajstić information content (AvgIpc) is 2.72. The summed E-state index contributed by atoms with van der Waals surface area (Å²) in [6.45, 7) is 8.13. The minimum absolute atomic E-state index is 0.168. The lowest BCUT2D eigenvalue weighted by Gasteiger charge is -2.34. The average molecular weight is 321 g/mol. The lowest BCUT2D eigenvalue weighted by molar-refractivity contribution is -0.130. The molecule has 1 aromatic rings. The van der Waals surface area contributed by atoms with Crippen LogP contribution in [0.5, 0.6) is 0 Å². The summed E-state index contributed by atoms with van der Waals surface area (Å²) in [5.41, 5.74) is 1.12. The van der Waals surface area contributed by atoms with Crippen molar-refractivity contribution in [1.82, 2.24) is 15.1 Å². The maximum Gasteiger partial charge on any atom is 0.236 e. The molecule has 1 saturated heterocycles. The summed E-state index contributed by atoms with van der Waals surface area (Å²) in [5, 5.41) is 2.95. The number of carbonyl (C=O) groups excluding carboxylic acids is 1. The van der Waals surface area contributed by atoms with Gasteiger partial charge in [0, 0.05) is 32.2 Å². The molecule has 0 unspecified atom stereocenters. The van der Waals surface area contributed by atoms with E-state index in [4.69, 9.17) is 0 Å². The number of hydrogen-bond donors (Lipinski definition) is 1. The summed E-state index contributed by atoms with van der Waals surface area (Å²) in [4.78, 5) is 16.6. The van der Waals surface area contributed by atoms with E-state index in [9.17, 15) is 9.18 Å². The molecule has 1 aliphatic heterocycles. The van der Waals surface area contributed by atoms with Crippen molar-refractivity contribution < 1.29 is 9.18 Å². The van der Waals surface area contributed by atoms with Crippen LogP contribution >= 0.6 is 0 Å². The van der Waals surface area contributed by atoms with Crippen LogP contribution in [0.15, 0.2) is 24.3 Å². The molecule has 4 nitrogen and oxygen atoms in total. The molecular formula is C18H28FN3O. The number of halogens is 1. The standard InChI is InChI=1S/C18H28FN3O/c1-14(2)17-13-22(18(23)11-20-3)10-4-9-21(17)12-15-5-7-16(19)8-6-15/h5-8,14,17,20H,4,9-13H2,1-3H3/t17-/m1/s1. The monoisotopic (exact) mass is 321 g/mol. The molecule has 1 aliphatic rings. The van der Waals surface area contributed by atoms with Gasteiger partial charge in [-0.25, -0.2) is 4.39 Å². The minimum Gasteiger partial charge on any atom is -0.340 e. The number of amides is 1. The van der Waals surface area contributed by atoms with Gasteiger partial charge in [0.15, 0.2) is 0 Å². The molecule has 128 valence electrons. The molecule has 1 fully saturated rings. The Labute approximate surface area is 138 Å². The van der Waals surface area contributed by atoms with E-state index in [1.54, 1.807) is 7.05 Å². The molecule has 0 aliphatic carbocycles. The molecular weight excluding hydrogens is 293 g/mol. The van der Waals surface area contributed by atoms with Crippen molar-refractivity contribution in [2.24, 2.45) is 5.92 Å². The third-order valence-electron chi connectivity index (χ3n) is 4.50. The van der Waals surface area contributed by atoms with E-state index in [0.29, 0.717) is 18.5 Å². The van der Waals surface area contributed by atoms with E-state index in [2.05, 4.69) is 24.1 Å². The molecule has 1 heterocycles. The second-order valence-electron chi connectivity index (χ2n) is 6.63. The SMILES string of the molecule is CNCC(=O)N1CCCN(Cc2ccc(F)cc2)[C@@H](C(C)C)C1. The number of likely N-dealkylation sites (N-methyl/N-ethyl adjacent to an activating group) is 1. The van der Waals surface area contributed by atoms with Gasteiger partial charge < -0.3 is 10.2 Å². The topological polar surface area (TPSA) is 35.6 Å². The first-order chi connectivity index (χ1) is 11.0. The van der Waals surface area contributed by atoms with Gasteiger partial charge in [-0.1, -0.05) is 26.0 Å². The fourth-order valence-electron chi connectivity index (χ4n) is 3.21. The predicted octanol–water partition coefficient (Wildman–Crippen LogP) is 2.10. The quantitative estimate of drug-likeness (QED) is 0.902. The van der Waals surface area contributed by atoms with Crippen molar-refractivity contribution in [1.29, 1.82) is 0 Å². The second kappa shape index (κ2) is 8.41. The predicted molar refractivity (Wildman–Crippen MR) is 90.6 cm³/mol. The van der Waals surface area contributed by atoms with Gasteiger partial charge in [0.05, 0.1) is 6.54 Å². The first kappa shape index (κ1) is 17.9. The Balaban J connectivity index is 2.09. The Morgan fingerprint density at radius 1 is 1.30 bits per heavy atom.